The van der Waals surface area contributed by atoms with Crippen molar-refractivity contribution in [3.63, 3.8) is 0 Å². The van der Waals surface area contributed by atoms with Crippen molar-refractivity contribution in [1.29, 1.82) is 0 Å². The van der Waals surface area contributed by atoms with Crippen molar-refractivity contribution in [3.05, 3.63) is 46.7 Å². The van der Waals surface area contributed by atoms with Crippen LogP contribution in [0.1, 0.15) is 28.3 Å². The second kappa shape index (κ2) is 5.97. The van der Waals surface area contributed by atoms with Gasteiger partial charge in [-0.3, -0.25) is 0 Å². The quantitative estimate of drug-likeness (QED) is 0.873. The van der Waals surface area contributed by atoms with Gasteiger partial charge in [0.2, 0.25) is 15.9 Å². The molecule has 2 aromatic rings. The number of rotatable bonds is 5. The maximum absolute atomic E-state index is 12.4. The summed E-state index contributed by atoms with van der Waals surface area (Å²) >= 11 is 0. The molecule has 1 heterocycles. The third-order valence-corrected chi connectivity index (χ3v) is 4.81. The van der Waals surface area contributed by atoms with Crippen LogP contribution in [0.2, 0.25) is 0 Å². The van der Waals surface area contributed by atoms with E-state index in [2.05, 4.69) is 9.71 Å². The Labute approximate surface area is 124 Å². The molecule has 0 bridgehead atoms. The van der Waals surface area contributed by atoms with Crippen LogP contribution in [-0.4, -0.2) is 13.4 Å². The summed E-state index contributed by atoms with van der Waals surface area (Å²) in [5.74, 6) is 0.974. The summed E-state index contributed by atoms with van der Waals surface area (Å²) in [7, 11) is -3.64. The Morgan fingerprint density at radius 2 is 2.00 bits per heavy atom. The van der Waals surface area contributed by atoms with Crippen molar-refractivity contribution < 1.29 is 12.8 Å². The van der Waals surface area contributed by atoms with Crippen LogP contribution in [0, 0.1) is 20.8 Å². The largest absolute Gasteiger partial charge is 0.445 e. The molecule has 3 N–H and O–H groups in total. The SMILES string of the molecule is Cc1cnc(CNS(=O)(=O)c2cc(CN)cc(C)c2C)o1. The standard InChI is InChI=1S/C14H19N3O3S/c1-9-4-12(6-15)5-13(11(9)3)21(18,19)17-8-14-16-7-10(2)20-14/h4-5,7,17H,6,8,15H2,1-3H3. The molecule has 0 spiro atoms. The van der Waals surface area contributed by atoms with Crippen molar-refractivity contribution >= 4 is 10.0 Å². The zero-order valence-electron chi connectivity index (χ0n) is 12.3. The predicted octanol–water partition coefficient (Wildman–Crippen LogP) is 1.54. The average molecular weight is 309 g/mol. The molecule has 114 valence electrons. The zero-order chi connectivity index (χ0) is 15.6. The molecule has 7 heteroatoms. The summed E-state index contributed by atoms with van der Waals surface area (Å²) in [6.07, 6.45) is 1.55. The van der Waals surface area contributed by atoms with Gasteiger partial charge in [-0.1, -0.05) is 6.07 Å². The van der Waals surface area contributed by atoms with E-state index in [1.165, 1.54) is 0 Å². The minimum atomic E-state index is -3.64. The van der Waals surface area contributed by atoms with Crippen molar-refractivity contribution in [2.24, 2.45) is 5.73 Å². The monoisotopic (exact) mass is 309 g/mol. The molecule has 0 saturated carbocycles. The zero-order valence-corrected chi connectivity index (χ0v) is 13.1. The normalized spacial score (nSPS) is 11.8. The number of hydrogen-bond donors (Lipinski definition) is 2. The van der Waals surface area contributed by atoms with Crippen LogP contribution in [-0.2, 0) is 23.1 Å². The molecule has 0 atom stereocenters. The Morgan fingerprint density at radius 3 is 2.57 bits per heavy atom. The van der Waals surface area contributed by atoms with Gasteiger partial charge in [0.25, 0.3) is 0 Å². The number of oxazole rings is 1. The third-order valence-electron chi connectivity index (χ3n) is 3.29. The molecule has 1 aromatic heterocycles. The number of nitrogens with zero attached hydrogens (tertiary/aromatic N) is 1. The minimum absolute atomic E-state index is 0.0154. The Hall–Kier alpha value is -1.70. The Kier molecular flexibility index (Phi) is 4.46. The number of aromatic nitrogens is 1. The molecule has 0 amide bonds. The fraction of sp³-hybridized carbons (Fsp3) is 0.357. The van der Waals surface area contributed by atoms with E-state index in [-0.39, 0.29) is 11.4 Å². The van der Waals surface area contributed by atoms with Gasteiger partial charge in [-0.25, -0.2) is 18.1 Å². The fourth-order valence-corrected chi connectivity index (χ4v) is 3.35. The third kappa shape index (κ3) is 3.49. The average Bonchev–Trinajstić information content (AvgIpc) is 2.85. The first-order valence-corrected chi connectivity index (χ1v) is 8.03. The predicted molar refractivity (Wildman–Crippen MR) is 79.1 cm³/mol. The van der Waals surface area contributed by atoms with Gasteiger partial charge >= 0.3 is 0 Å². The molecule has 0 aliphatic carbocycles. The highest BCUT2D eigenvalue weighted by Crippen LogP contribution is 2.21. The molecule has 0 saturated heterocycles. The van der Waals surface area contributed by atoms with Gasteiger partial charge in [-0.15, -0.1) is 0 Å². The number of sulfonamides is 1. The highest BCUT2D eigenvalue weighted by molar-refractivity contribution is 7.89. The van der Waals surface area contributed by atoms with E-state index in [1.807, 2.05) is 13.0 Å². The molecule has 0 unspecified atom stereocenters. The lowest BCUT2D eigenvalue weighted by molar-refractivity contribution is 0.463. The molecule has 0 aliphatic heterocycles. The molecular weight excluding hydrogens is 290 g/mol. The molecule has 6 nitrogen and oxygen atoms in total. The first-order chi connectivity index (χ1) is 9.83. The van der Waals surface area contributed by atoms with Crippen LogP contribution < -0.4 is 10.5 Å². The van der Waals surface area contributed by atoms with E-state index in [9.17, 15) is 8.42 Å². The minimum Gasteiger partial charge on any atom is -0.445 e. The lowest BCUT2D eigenvalue weighted by atomic mass is 10.1. The van der Waals surface area contributed by atoms with E-state index in [0.29, 0.717) is 23.8 Å². The van der Waals surface area contributed by atoms with Crippen molar-refractivity contribution in [1.82, 2.24) is 9.71 Å². The van der Waals surface area contributed by atoms with Crippen LogP contribution in [0.15, 0.2) is 27.6 Å². The number of nitrogens with two attached hydrogens (primary N) is 1. The Bertz CT molecular complexity index is 751. The van der Waals surface area contributed by atoms with Gasteiger partial charge in [0.05, 0.1) is 17.6 Å². The lowest BCUT2D eigenvalue weighted by Crippen LogP contribution is -2.24. The molecule has 0 radical (unpaired) electrons. The summed E-state index contributed by atoms with van der Waals surface area (Å²) < 4.78 is 32.6. The second-order valence-corrected chi connectivity index (χ2v) is 6.66. The van der Waals surface area contributed by atoms with Gasteiger partial charge < -0.3 is 10.2 Å². The molecular formula is C14H19N3O3S. The highest BCUT2D eigenvalue weighted by Gasteiger charge is 2.19. The highest BCUT2D eigenvalue weighted by atomic mass is 32.2. The molecule has 2 rings (SSSR count). The van der Waals surface area contributed by atoms with Crippen LogP contribution in [0.25, 0.3) is 0 Å². The van der Waals surface area contributed by atoms with Crippen molar-refractivity contribution in [3.8, 4) is 0 Å². The summed E-state index contributed by atoms with van der Waals surface area (Å²) in [6.45, 7) is 5.71. The van der Waals surface area contributed by atoms with E-state index in [1.54, 1.807) is 26.1 Å². The van der Waals surface area contributed by atoms with E-state index >= 15 is 0 Å². The number of benzene rings is 1. The van der Waals surface area contributed by atoms with Gasteiger partial charge in [-0.05, 0) is 43.5 Å². The van der Waals surface area contributed by atoms with Gasteiger partial charge in [-0.2, -0.15) is 0 Å². The van der Waals surface area contributed by atoms with E-state index < -0.39 is 10.0 Å². The Balaban J connectivity index is 2.29. The summed E-state index contributed by atoms with van der Waals surface area (Å²) in [5.41, 5.74) is 8.00. The first kappa shape index (κ1) is 15.7. The van der Waals surface area contributed by atoms with Crippen molar-refractivity contribution in [2.75, 3.05) is 0 Å². The van der Waals surface area contributed by atoms with Crippen molar-refractivity contribution in [2.45, 2.75) is 38.8 Å². The molecule has 0 fully saturated rings. The summed E-state index contributed by atoms with van der Waals surface area (Å²) in [5, 5.41) is 0. The maximum Gasteiger partial charge on any atom is 0.241 e. The number of aryl methyl sites for hydroxylation is 2. The van der Waals surface area contributed by atoms with Crippen LogP contribution in [0.3, 0.4) is 0 Å². The molecule has 0 aliphatic rings. The van der Waals surface area contributed by atoms with Crippen LogP contribution >= 0.6 is 0 Å². The molecule has 21 heavy (non-hydrogen) atoms. The second-order valence-electron chi connectivity index (χ2n) is 4.93. The lowest BCUT2D eigenvalue weighted by Gasteiger charge is -2.12. The maximum atomic E-state index is 12.4. The van der Waals surface area contributed by atoms with Gasteiger partial charge in [0.15, 0.2) is 0 Å². The first-order valence-electron chi connectivity index (χ1n) is 6.54. The van der Waals surface area contributed by atoms with E-state index in [4.69, 9.17) is 10.2 Å². The fourth-order valence-electron chi connectivity index (χ4n) is 2.01. The van der Waals surface area contributed by atoms with E-state index in [0.717, 1.165) is 11.1 Å². The summed E-state index contributed by atoms with van der Waals surface area (Å²) in [4.78, 5) is 4.21. The van der Waals surface area contributed by atoms with Gasteiger partial charge in [0, 0.05) is 6.54 Å². The van der Waals surface area contributed by atoms with Crippen LogP contribution in [0.5, 0.6) is 0 Å². The summed E-state index contributed by atoms with van der Waals surface area (Å²) in [6, 6.07) is 3.50. The molecule has 1 aromatic carbocycles. The number of hydrogen-bond acceptors (Lipinski definition) is 5. The Morgan fingerprint density at radius 1 is 1.29 bits per heavy atom. The van der Waals surface area contributed by atoms with Crippen LogP contribution in [0.4, 0.5) is 0 Å². The number of nitrogens with one attached hydrogen (secondary N) is 1. The smallest absolute Gasteiger partial charge is 0.241 e. The topological polar surface area (TPSA) is 98.2 Å². The van der Waals surface area contributed by atoms with Gasteiger partial charge in [0.1, 0.15) is 5.76 Å².